The second-order valence-corrected chi connectivity index (χ2v) is 10.4. The van der Waals surface area contributed by atoms with Crippen molar-refractivity contribution in [3.05, 3.63) is 0 Å². The molecule has 0 saturated heterocycles. The van der Waals surface area contributed by atoms with Crippen LogP contribution in [-0.2, 0) is 9.22 Å². The normalized spacial score (nSPS) is 21.5. The van der Waals surface area contributed by atoms with Gasteiger partial charge in [-0.15, -0.1) is 0 Å². The molecule has 1 aliphatic rings. The van der Waals surface area contributed by atoms with Crippen LogP contribution in [0.1, 0.15) is 59.3 Å². The quantitative estimate of drug-likeness (QED) is 0.737. The fourth-order valence-electron chi connectivity index (χ4n) is 3.89. The zero-order valence-corrected chi connectivity index (χ0v) is 16.5. The van der Waals surface area contributed by atoms with Crippen LogP contribution in [0.5, 0.6) is 0 Å². The molecular weight excluding hydrogens is 292 g/mol. The van der Waals surface area contributed by atoms with Crippen LogP contribution < -0.4 is 11.1 Å². The molecule has 0 aromatic carbocycles. The molecule has 1 aliphatic carbocycles. The lowest BCUT2D eigenvalue weighted by Crippen LogP contribution is -2.67. The molecular formula is C17H36N2O2Si. The van der Waals surface area contributed by atoms with E-state index in [2.05, 4.69) is 39.2 Å². The third-order valence-electron chi connectivity index (χ3n) is 4.93. The van der Waals surface area contributed by atoms with Crippen LogP contribution in [0, 0.1) is 11.3 Å². The highest BCUT2D eigenvalue weighted by atomic mass is 28.3. The van der Waals surface area contributed by atoms with Crippen molar-refractivity contribution in [2.24, 2.45) is 17.1 Å². The van der Waals surface area contributed by atoms with E-state index in [1.807, 2.05) is 0 Å². The first-order chi connectivity index (χ1) is 10.1. The predicted molar refractivity (Wildman–Crippen MR) is 95.4 cm³/mol. The summed E-state index contributed by atoms with van der Waals surface area (Å²) in [6.45, 7) is 10.4. The van der Waals surface area contributed by atoms with Gasteiger partial charge in [0.25, 0.3) is 5.91 Å². The number of amides is 1. The van der Waals surface area contributed by atoms with Gasteiger partial charge in [0.1, 0.15) is 0 Å². The molecule has 0 heterocycles. The van der Waals surface area contributed by atoms with Crippen LogP contribution in [0.4, 0.5) is 0 Å². The van der Waals surface area contributed by atoms with E-state index >= 15 is 0 Å². The molecule has 5 heteroatoms. The van der Waals surface area contributed by atoms with Gasteiger partial charge < -0.3 is 15.5 Å². The van der Waals surface area contributed by atoms with Crippen LogP contribution in [0.15, 0.2) is 0 Å². The maximum atomic E-state index is 12.8. The summed E-state index contributed by atoms with van der Waals surface area (Å²) in [6.07, 6.45) is 7.27. The molecule has 0 aromatic heterocycles. The number of carbonyl (C=O) groups is 1. The summed E-state index contributed by atoms with van der Waals surface area (Å²) in [4.78, 5) is 12.8. The second kappa shape index (κ2) is 7.93. The molecule has 130 valence electrons. The van der Waals surface area contributed by atoms with E-state index in [4.69, 9.17) is 10.2 Å². The molecule has 1 rings (SSSR count). The fraction of sp³-hybridized carbons (Fsp3) is 0.941. The molecule has 1 fully saturated rings. The molecule has 0 unspecified atom stereocenters. The van der Waals surface area contributed by atoms with Crippen LogP contribution >= 0.6 is 0 Å². The summed E-state index contributed by atoms with van der Waals surface area (Å²) in [5, 5.41) is 2.81. The van der Waals surface area contributed by atoms with Gasteiger partial charge in [0.2, 0.25) is 0 Å². The van der Waals surface area contributed by atoms with Gasteiger partial charge in [-0.2, -0.15) is 0 Å². The number of likely N-dealkylation sites (N-methyl/N-ethyl adjacent to an activating group) is 1. The Morgan fingerprint density at radius 1 is 1.27 bits per heavy atom. The molecule has 0 spiro atoms. The monoisotopic (exact) mass is 328 g/mol. The summed E-state index contributed by atoms with van der Waals surface area (Å²) in [7, 11) is 0.263. The Bertz CT molecular complexity index is 362. The predicted octanol–water partition coefficient (Wildman–Crippen LogP) is 2.81. The van der Waals surface area contributed by atoms with Gasteiger partial charge in [-0.3, -0.25) is 4.79 Å². The third kappa shape index (κ3) is 4.33. The number of carbonyl (C=O) groups excluding carboxylic acids is 1. The number of rotatable bonds is 6. The Kier molecular flexibility index (Phi) is 7.08. The number of nitrogens with two attached hydrogens (primary N) is 1. The Hall–Kier alpha value is -0.393. The van der Waals surface area contributed by atoms with Crippen molar-refractivity contribution in [2.45, 2.75) is 84.0 Å². The van der Waals surface area contributed by atoms with Crippen molar-refractivity contribution in [3.63, 3.8) is 0 Å². The highest BCUT2D eigenvalue weighted by Crippen LogP contribution is 2.40. The standard InChI is InChI=1S/C17H36N2O2Si/c1-16(2,3)17(15(20)19-4,21-22(5)6)14(18)12-13-10-8-7-9-11-13/h13-14,22H,7-12,18H2,1-6H3,(H,19,20)/t14-,17+/m0/s1. The molecule has 22 heavy (non-hydrogen) atoms. The minimum atomic E-state index is -1.42. The van der Waals surface area contributed by atoms with Crippen molar-refractivity contribution in [2.75, 3.05) is 7.05 Å². The molecule has 1 saturated carbocycles. The minimum Gasteiger partial charge on any atom is -0.405 e. The van der Waals surface area contributed by atoms with Crippen LogP contribution in [0.3, 0.4) is 0 Å². The zero-order chi connectivity index (χ0) is 17.0. The van der Waals surface area contributed by atoms with Gasteiger partial charge in [-0.05, 0) is 25.4 Å². The largest absolute Gasteiger partial charge is 0.405 e. The van der Waals surface area contributed by atoms with E-state index in [-0.39, 0.29) is 17.4 Å². The number of hydrogen-bond acceptors (Lipinski definition) is 3. The van der Waals surface area contributed by atoms with Gasteiger partial charge >= 0.3 is 0 Å². The second-order valence-electron chi connectivity index (χ2n) is 8.08. The zero-order valence-electron chi connectivity index (χ0n) is 15.4. The van der Waals surface area contributed by atoms with Crippen molar-refractivity contribution >= 4 is 14.9 Å². The average Bonchev–Trinajstić information content (AvgIpc) is 2.43. The summed E-state index contributed by atoms with van der Waals surface area (Å²) in [5.74, 6) is 0.567. The molecule has 1 amide bonds. The van der Waals surface area contributed by atoms with Crippen LogP contribution in [0.25, 0.3) is 0 Å². The van der Waals surface area contributed by atoms with Crippen LogP contribution in [-0.4, -0.2) is 33.6 Å². The Morgan fingerprint density at radius 2 is 1.82 bits per heavy atom. The number of nitrogens with one attached hydrogen (secondary N) is 1. The van der Waals surface area contributed by atoms with Gasteiger partial charge in [0, 0.05) is 18.5 Å². The van der Waals surface area contributed by atoms with Gasteiger partial charge in [0.05, 0.1) is 0 Å². The highest BCUT2D eigenvalue weighted by Gasteiger charge is 2.54. The molecule has 0 aromatic rings. The fourth-order valence-corrected chi connectivity index (χ4v) is 5.27. The first kappa shape index (κ1) is 19.7. The van der Waals surface area contributed by atoms with Crippen molar-refractivity contribution < 1.29 is 9.22 Å². The molecule has 0 radical (unpaired) electrons. The van der Waals surface area contributed by atoms with Gasteiger partial charge in [-0.25, -0.2) is 0 Å². The summed E-state index contributed by atoms with van der Waals surface area (Å²) >= 11 is 0. The van der Waals surface area contributed by atoms with E-state index in [9.17, 15) is 4.79 Å². The minimum absolute atomic E-state index is 0.0653. The summed E-state index contributed by atoms with van der Waals surface area (Å²) < 4.78 is 6.36. The Labute approximate surface area is 138 Å². The topological polar surface area (TPSA) is 64.3 Å². The van der Waals surface area contributed by atoms with Gasteiger partial charge in [-0.1, -0.05) is 52.9 Å². The molecule has 2 atom stereocenters. The van der Waals surface area contributed by atoms with E-state index in [0.29, 0.717) is 5.92 Å². The maximum absolute atomic E-state index is 12.8. The maximum Gasteiger partial charge on any atom is 0.253 e. The van der Waals surface area contributed by atoms with Crippen molar-refractivity contribution in [1.29, 1.82) is 0 Å². The average molecular weight is 329 g/mol. The first-order valence-corrected chi connectivity index (χ1v) is 11.6. The summed E-state index contributed by atoms with van der Waals surface area (Å²) in [6, 6.07) is -0.259. The number of hydrogen-bond donors (Lipinski definition) is 2. The first-order valence-electron chi connectivity index (χ1n) is 8.80. The molecule has 0 bridgehead atoms. The smallest absolute Gasteiger partial charge is 0.253 e. The van der Waals surface area contributed by atoms with E-state index in [0.717, 1.165) is 6.42 Å². The van der Waals surface area contributed by atoms with E-state index in [1.54, 1.807) is 7.05 Å². The van der Waals surface area contributed by atoms with Crippen LogP contribution in [0.2, 0.25) is 13.1 Å². The molecule has 4 nitrogen and oxygen atoms in total. The lowest BCUT2D eigenvalue weighted by atomic mass is 9.68. The van der Waals surface area contributed by atoms with Gasteiger partial charge in [0.15, 0.2) is 14.6 Å². The SMILES string of the molecule is CNC(=O)[C@](O[SiH](C)C)([C@@H](N)CC1CCCCC1)C(C)(C)C. The highest BCUT2D eigenvalue weighted by molar-refractivity contribution is 6.48. The molecule has 0 aliphatic heterocycles. The Morgan fingerprint density at radius 3 is 2.23 bits per heavy atom. The van der Waals surface area contributed by atoms with E-state index in [1.165, 1.54) is 32.1 Å². The van der Waals surface area contributed by atoms with E-state index < -0.39 is 14.6 Å². The van der Waals surface area contributed by atoms with Crippen molar-refractivity contribution in [1.82, 2.24) is 5.32 Å². The molecule has 3 N–H and O–H groups in total. The third-order valence-corrected chi connectivity index (χ3v) is 5.78. The summed E-state index contributed by atoms with van der Waals surface area (Å²) in [5.41, 5.74) is 5.37. The lowest BCUT2D eigenvalue weighted by Gasteiger charge is -2.48. The Balaban J connectivity index is 3.07. The lowest BCUT2D eigenvalue weighted by molar-refractivity contribution is -0.151. The van der Waals surface area contributed by atoms with Crippen molar-refractivity contribution in [3.8, 4) is 0 Å².